The summed E-state index contributed by atoms with van der Waals surface area (Å²) in [5.41, 5.74) is 5.01. The van der Waals surface area contributed by atoms with Crippen molar-refractivity contribution in [1.29, 1.82) is 0 Å². The quantitative estimate of drug-likeness (QED) is 0.774. The largest absolute Gasteiger partial charge is 0.307 e. The van der Waals surface area contributed by atoms with Gasteiger partial charge in [-0.05, 0) is 32.4 Å². The summed E-state index contributed by atoms with van der Waals surface area (Å²) >= 11 is 2.48. The topological polar surface area (TPSA) is 64.0 Å². The number of carbonyl (C=O) groups is 1. The van der Waals surface area contributed by atoms with Gasteiger partial charge in [-0.25, -0.2) is 4.98 Å². The van der Waals surface area contributed by atoms with Gasteiger partial charge in [0, 0.05) is 22.0 Å². The zero-order valence-corrected chi connectivity index (χ0v) is 15.3. The summed E-state index contributed by atoms with van der Waals surface area (Å²) in [4.78, 5) is 28.2. The second-order valence-electron chi connectivity index (χ2n) is 5.63. The van der Waals surface area contributed by atoms with Gasteiger partial charge < -0.3 is 5.32 Å². The Morgan fingerprint density at radius 1 is 1.21 bits per heavy atom. The van der Waals surface area contributed by atoms with Crippen LogP contribution in [-0.2, 0) is 11.3 Å². The van der Waals surface area contributed by atoms with Crippen LogP contribution >= 0.6 is 22.7 Å². The number of hydrogen-bond acceptors (Lipinski definition) is 5. The first-order chi connectivity index (χ1) is 11.4. The number of nitrogens with one attached hydrogen (secondary N) is 1. The molecule has 0 spiro atoms. The number of amides is 1. The van der Waals surface area contributed by atoms with Crippen LogP contribution in [0.15, 0.2) is 33.8 Å². The van der Waals surface area contributed by atoms with Crippen molar-refractivity contribution in [2.24, 2.45) is 0 Å². The highest BCUT2D eigenvalue weighted by molar-refractivity contribution is 7.14. The fraction of sp³-hybridized carbons (Fsp3) is 0.235. The molecule has 0 bridgehead atoms. The second kappa shape index (κ2) is 6.70. The monoisotopic (exact) mass is 359 g/mol. The molecular weight excluding hydrogens is 342 g/mol. The first-order valence-corrected chi connectivity index (χ1v) is 9.18. The van der Waals surface area contributed by atoms with Gasteiger partial charge in [0.25, 0.3) is 0 Å². The average Bonchev–Trinajstić information content (AvgIpc) is 3.11. The summed E-state index contributed by atoms with van der Waals surface area (Å²) in [7, 11) is 0. The van der Waals surface area contributed by atoms with E-state index in [-0.39, 0.29) is 17.3 Å². The SMILES string of the molecule is Cc1ccc(C)c(-c2csc(NC(=O)Cn3c(C)csc3=O)n2)c1. The van der Waals surface area contributed by atoms with Crippen LogP contribution < -0.4 is 10.2 Å². The molecule has 2 aromatic heterocycles. The van der Waals surface area contributed by atoms with E-state index in [1.54, 1.807) is 5.38 Å². The van der Waals surface area contributed by atoms with Crippen molar-refractivity contribution in [3.05, 3.63) is 55.4 Å². The van der Waals surface area contributed by atoms with Crippen LogP contribution in [0.2, 0.25) is 0 Å². The zero-order valence-electron chi connectivity index (χ0n) is 13.6. The minimum Gasteiger partial charge on any atom is -0.300 e. The van der Waals surface area contributed by atoms with E-state index in [0.29, 0.717) is 5.13 Å². The van der Waals surface area contributed by atoms with Gasteiger partial charge in [-0.3, -0.25) is 14.2 Å². The maximum absolute atomic E-state index is 12.2. The summed E-state index contributed by atoms with van der Waals surface area (Å²) < 4.78 is 1.46. The number of aryl methyl sites for hydroxylation is 3. The lowest BCUT2D eigenvalue weighted by atomic mass is 10.0. The lowest BCUT2D eigenvalue weighted by Crippen LogP contribution is -2.25. The molecule has 0 saturated heterocycles. The van der Waals surface area contributed by atoms with Crippen molar-refractivity contribution in [3.8, 4) is 11.3 Å². The van der Waals surface area contributed by atoms with Crippen LogP contribution in [0.5, 0.6) is 0 Å². The molecule has 1 aromatic carbocycles. The summed E-state index contributed by atoms with van der Waals surface area (Å²) in [6.07, 6.45) is 0. The van der Waals surface area contributed by atoms with Gasteiger partial charge >= 0.3 is 4.87 Å². The van der Waals surface area contributed by atoms with Crippen molar-refractivity contribution in [1.82, 2.24) is 9.55 Å². The molecule has 0 fully saturated rings. The predicted octanol–water partition coefficient (Wildman–Crippen LogP) is 3.60. The van der Waals surface area contributed by atoms with E-state index < -0.39 is 0 Å². The van der Waals surface area contributed by atoms with Crippen molar-refractivity contribution in [2.45, 2.75) is 27.3 Å². The number of nitrogens with zero attached hydrogens (tertiary/aromatic N) is 2. The van der Waals surface area contributed by atoms with Gasteiger partial charge in [0.1, 0.15) is 6.54 Å². The molecule has 7 heteroatoms. The normalized spacial score (nSPS) is 10.8. The van der Waals surface area contributed by atoms with E-state index in [4.69, 9.17) is 0 Å². The van der Waals surface area contributed by atoms with E-state index in [1.807, 2.05) is 26.2 Å². The first-order valence-electron chi connectivity index (χ1n) is 7.42. The molecule has 0 unspecified atom stereocenters. The lowest BCUT2D eigenvalue weighted by Gasteiger charge is -2.05. The molecule has 24 heavy (non-hydrogen) atoms. The molecule has 1 N–H and O–H groups in total. The summed E-state index contributed by atoms with van der Waals surface area (Å²) in [5, 5.41) is 6.99. The summed E-state index contributed by atoms with van der Waals surface area (Å²) in [6, 6.07) is 6.22. The van der Waals surface area contributed by atoms with Crippen molar-refractivity contribution in [2.75, 3.05) is 5.32 Å². The van der Waals surface area contributed by atoms with Crippen LogP contribution in [-0.4, -0.2) is 15.5 Å². The summed E-state index contributed by atoms with van der Waals surface area (Å²) in [5.74, 6) is -0.250. The molecule has 1 amide bonds. The molecule has 0 saturated carbocycles. The van der Waals surface area contributed by atoms with Crippen LogP contribution in [0, 0.1) is 20.8 Å². The highest BCUT2D eigenvalue weighted by Crippen LogP contribution is 2.28. The third-order valence-electron chi connectivity index (χ3n) is 3.70. The third kappa shape index (κ3) is 3.47. The molecule has 0 atom stereocenters. The van der Waals surface area contributed by atoms with Crippen LogP contribution in [0.1, 0.15) is 16.8 Å². The van der Waals surface area contributed by atoms with Crippen molar-refractivity contribution >= 4 is 33.7 Å². The zero-order chi connectivity index (χ0) is 17.3. The van der Waals surface area contributed by atoms with E-state index >= 15 is 0 Å². The molecular formula is C17H17N3O2S2. The Morgan fingerprint density at radius 3 is 2.71 bits per heavy atom. The number of carbonyl (C=O) groups excluding carboxylic acids is 1. The molecule has 2 heterocycles. The average molecular weight is 359 g/mol. The fourth-order valence-corrected chi connectivity index (χ4v) is 3.83. The predicted molar refractivity (Wildman–Crippen MR) is 99.0 cm³/mol. The minimum atomic E-state index is -0.250. The summed E-state index contributed by atoms with van der Waals surface area (Å²) in [6.45, 7) is 5.90. The van der Waals surface area contributed by atoms with E-state index in [2.05, 4.69) is 28.5 Å². The smallest absolute Gasteiger partial charge is 0.300 e. The Balaban J connectivity index is 1.75. The molecule has 3 rings (SSSR count). The maximum Gasteiger partial charge on any atom is 0.307 e. The Bertz CT molecular complexity index is 953. The van der Waals surface area contributed by atoms with Gasteiger partial charge in [0.2, 0.25) is 5.91 Å². The van der Waals surface area contributed by atoms with Crippen LogP contribution in [0.25, 0.3) is 11.3 Å². The number of aromatic nitrogens is 2. The fourth-order valence-electron chi connectivity index (χ4n) is 2.37. The van der Waals surface area contributed by atoms with Gasteiger partial charge in [0.05, 0.1) is 5.69 Å². The number of hydrogen-bond donors (Lipinski definition) is 1. The van der Waals surface area contributed by atoms with E-state index in [1.165, 1.54) is 21.5 Å². The Morgan fingerprint density at radius 2 is 2.00 bits per heavy atom. The molecule has 0 radical (unpaired) electrons. The number of thiazole rings is 2. The van der Waals surface area contributed by atoms with Gasteiger partial charge in [-0.2, -0.15) is 0 Å². The molecule has 0 aliphatic rings. The van der Waals surface area contributed by atoms with Crippen LogP contribution in [0.3, 0.4) is 0 Å². The highest BCUT2D eigenvalue weighted by atomic mass is 32.1. The van der Waals surface area contributed by atoms with Crippen molar-refractivity contribution in [3.63, 3.8) is 0 Å². The molecule has 0 aliphatic heterocycles. The molecule has 3 aromatic rings. The van der Waals surface area contributed by atoms with E-state index in [9.17, 15) is 9.59 Å². The number of anilines is 1. The number of benzene rings is 1. The second-order valence-corrected chi connectivity index (χ2v) is 7.31. The molecule has 0 aliphatic carbocycles. The maximum atomic E-state index is 12.2. The van der Waals surface area contributed by atoms with Gasteiger partial charge in [-0.1, -0.05) is 29.0 Å². The Labute approximate surface area is 147 Å². The highest BCUT2D eigenvalue weighted by Gasteiger charge is 2.12. The van der Waals surface area contributed by atoms with Crippen molar-refractivity contribution < 1.29 is 4.79 Å². The third-order valence-corrected chi connectivity index (χ3v) is 5.34. The van der Waals surface area contributed by atoms with E-state index in [0.717, 1.165) is 33.9 Å². The molecule has 5 nitrogen and oxygen atoms in total. The lowest BCUT2D eigenvalue weighted by molar-refractivity contribution is -0.116. The van der Waals surface area contributed by atoms with Gasteiger partial charge in [-0.15, -0.1) is 11.3 Å². The Hall–Kier alpha value is -2.25. The van der Waals surface area contributed by atoms with Gasteiger partial charge in [0.15, 0.2) is 5.13 Å². The standard InChI is InChI=1S/C17H17N3O2S2/c1-10-4-5-11(2)13(6-10)14-9-23-16(18-14)19-15(21)7-20-12(3)8-24-17(20)22/h4-6,8-9H,7H2,1-3H3,(H,18,19,21). The Kier molecular flexibility index (Phi) is 4.64. The number of rotatable bonds is 4. The first kappa shape index (κ1) is 16.6. The van der Waals surface area contributed by atoms with Crippen LogP contribution in [0.4, 0.5) is 5.13 Å². The minimum absolute atomic E-state index is 0.00650. The molecule has 124 valence electrons.